The van der Waals surface area contributed by atoms with Crippen LogP contribution in [0, 0.1) is 20.8 Å². The molecule has 0 saturated heterocycles. The van der Waals surface area contributed by atoms with E-state index in [4.69, 9.17) is 4.74 Å². The number of carbonyl (C=O) groups is 1. The summed E-state index contributed by atoms with van der Waals surface area (Å²) in [5.41, 5.74) is 6.12. The molecule has 0 unspecified atom stereocenters. The molecule has 0 bridgehead atoms. The Balaban J connectivity index is 1.71. The van der Waals surface area contributed by atoms with E-state index >= 15 is 0 Å². The van der Waals surface area contributed by atoms with Crippen LogP contribution in [0.5, 0.6) is 0 Å². The topological polar surface area (TPSA) is 64.1 Å². The highest BCUT2D eigenvalue weighted by Crippen LogP contribution is 2.41. The van der Waals surface area contributed by atoms with Crippen LogP contribution in [0.4, 0.5) is 11.5 Å². The summed E-state index contributed by atoms with van der Waals surface area (Å²) in [5, 5.41) is 4.40. The van der Waals surface area contributed by atoms with Gasteiger partial charge < -0.3 is 10.1 Å². The summed E-state index contributed by atoms with van der Waals surface area (Å²) in [6.07, 6.45) is 3.43. The Labute approximate surface area is 192 Å². The Hall–Kier alpha value is -3.25. The summed E-state index contributed by atoms with van der Waals surface area (Å²) in [4.78, 5) is 23.5. The molecule has 4 aromatic rings. The van der Waals surface area contributed by atoms with E-state index in [-0.39, 0.29) is 5.97 Å². The normalized spacial score (nSPS) is 11.0. The van der Waals surface area contributed by atoms with E-state index in [9.17, 15) is 4.79 Å². The van der Waals surface area contributed by atoms with Crippen LogP contribution in [-0.4, -0.2) is 22.5 Å². The van der Waals surface area contributed by atoms with E-state index in [1.807, 2.05) is 12.1 Å². The predicted molar refractivity (Wildman–Crippen MR) is 132 cm³/mol. The van der Waals surface area contributed by atoms with Gasteiger partial charge in [-0.3, -0.25) is 0 Å². The third-order valence-electron chi connectivity index (χ3n) is 5.55. The molecule has 0 saturated carbocycles. The molecule has 0 aliphatic rings. The number of esters is 1. The number of thiophene rings is 1. The number of ether oxygens (including phenoxy) is 1. The van der Waals surface area contributed by atoms with Crippen LogP contribution in [0.2, 0.25) is 0 Å². The lowest BCUT2D eigenvalue weighted by Gasteiger charge is -2.11. The maximum atomic E-state index is 12.4. The average molecular weight is 446 g/mol. The minimum absolute atomic E-state index is 0.308. The Morgan fingerprint density at radius 3 is 2.69 bits per heavy atom. The van der Waals surface area contributed by atoms with Crippen molar-refractivity contribution in [2.75, 3.05) is 11.9 Å². The number of nitrogens with one attached hydrogen (secondary N) is 1. The third kappa shape index (κ3) is 4.50. The lowest BCUT2D eigenvalue weighted by molar-refractivity contribution is 0.0500. The van der Waals surface area contributed by atoms with Crippen molar-refractivity contribution < 1.29 is 9.53 Å². The molecule has 164 valence electrons. The Kier molecular flexibility index (Phi) is 6.51. The van der Waals surface area contributed by atoms with E-state index in [0.29, 0.717) is 12.2 Å². The number of hydrogen-bond donors (Lipinski definition) is 1. The van der Waals surface area contributed by atoms with Crippen molar-refractivity contribution in [3.63, 3.8) is 0 Å². The zero-order valence-electron chi connectivity index (χ0n) is 18.9. The molecule has 32 heavy (non-hydrogen) atoms. The summed E-state index contributed by atoms with van der Waals surface area (Å²) < 4.78 is 5.35. The van der Waals surface area contributed by atoms with E-state index in [2.05, 4.69) is 61.2 Å². The predicted octanol–water partition coefficient (Wildman–Crippen LogP) is 6.98. The third-order valence-corrected chi connectivity index (χ3v) is 6.57. The van der Waals surface area contributed by atoms with Gasteiger partial charge in [-0.2, -0.15) is 0 Å². The van der Waals surface area contributed by atoms with Crippen LogP contribution in [0.15, 0.2) is 48.8 Å². The second-order valence-corrected chi connectivity index (χ2v) is 9.13. The summed E-state index contributed by atoms with van der Waals surface area (Å²) in [6, 6.07) is 13.9. The van der Waals surface area contributed by atoms with Crippen molar-refractivity contribution in [1.29, 1.82) is 0 Å². The maximum Gasteiger partial charge on any atom is 0.338 e. The van der Waals surface area contributed by atoms with Crippen LogP contribution in [0.3, 0.4) is 0 Å². The summed E-state index contributed by atoms with van der Waals surface area (Å²) >= 11 is 1.66. The number of fused-ring (bicyclic) bond motifs is 1. The first-order chi connectivity index (χ1) is 15.5. The van der Waals surface area contributed by atoms with Gasteiger partial charge in [-0.05, 0) is 62.1 Å². The van der Waals surface area contributed by atoms with Gasteiger partial charge in [0.2, 0.25) is 0 Å². The maximum absolute atomic E-state index is 12.4. The molecule has 0 aliphatic heterocycles. The van der Waals surface area contributed by atoms with Crippen LogP contribution in [0.25, 0.3) is 21.3 Å². The first-order valence-corrected chi connectivity index (χ1v) is 11.7. The quantitative estimate of drug-likeness (QED) is 0.245. The van der Waals surface area contributed by atoms with Gasteiger partial charge in [0.1, 0.15) is 17.0 Å². The van der Waals surface area contributed by atoms with Crippen molar-refractivity contribution >= 4 is 39.0 Å². The van der Waals surface area contributed by atoms with Crippen molar-refractivity contribution in [1.82, 2.24) is 9.97 Å². The van der Waals surface area contributed by atoms with Gasteiger partial charge in [-0.15, -0.1) is 11.3 Å². The number of nitrogens with zero attached hydrogens (tertiary/aromatic N) is 2. The van der Waals surface area contributed by atoms with Gasteiger partial charge >= 0.3 is 5.97 Å². The zero-order valence-corrected chi connectivity index (χ0v) is 19.7. The molecular formula is C26H27N3O2S. The highest BCUT2D eigenvalue weighted by molar-refractivity contribution is 7.19. The summed E-state index contributed by atoms with van der Waals surface area (Å²) in [5.74, 6) is 0.418. The molecule has 2 aromatic carbocycles. The second-order valence-electron chi connectivity index (χ2n) is 7.93. The van der Waals surface area contributed by atoms with Gasteiger partial charge in [0.25, 0.3) is 0 Å². The summed E-state index contributed by atoms with van der Waals surface area (Å²) in [7, 11) is 0. The fraction of sp³-hybridized carbons (Fsp3) is 0.269. The standard InChI is InChI=1S/C26H27N3O2S/c1-5-6-12-31-26(30)20-8-7-9-21(14-20)29-24-23-22(18(4)32-25(23)28-15-27-24)19-11-10-16(2)17(3)13-19/h7-11,13-15H,5-6,12H2,1-4H3,(H,27,28,29). The Bertz CT molecular complexity index is 1280. The molecule has 0 fully saturated rings. The highest BCUT2D eigenvalue weighted by Gasteiger charge is 2.18. The molecule has 2 aromatic heterocycles. The lowest BCUT2D eigenvalue weighted by atomic mass is 9.99. The van der Waals surface area contributed by atoms with Crippen molar-refractivity contribution in [2.45, 2.75) is 40.5 Å². The van der Waals surface area contributed by atoms with Gasteiger partial charge in [-0.1, -0.05) is 37.6 Å². The lowest BCUT2D eigenvalue weighted by Crippen LogP contribution is -2.06. The van der Waals surface area contributed by atoms with Crippen LogP contribution >= 0.6 is 11.3 Å². The number of carbonyl (C=O) groups excluding carboxylic acids is 1. The molecular weight excluding hydrogens is 418 g/mol. The highest BCUT2D eigenvalue weighted by atomic mass is 32.1. The molecule has 4 rings (SSSR count). The van der Waals surface area contributed by atoms with Gasteiger partial charge in [0, 0.05) is 16.1 Å². The van der Waals surface area contributed by atoms with Crippen LogP contribution in [0.1, 0.15) is 46.1 Å². The van der Waals surface area contributed by atoms with Crippen molar-refractivity contribution in [3.8, 4) is 11.1 Å². The molecule has 0 atom stereocenters. The number of unbranched alkanes of at least 4 members (excludes halogenated alkanes) is 1. The Morgan fingerprint density at radius 1 is 1.06 bits per heavy atom. The van der Waals surface area contributed by atoms with Gasteiger partial charge in [-0.25, -0.2) is 14.8 Å². The molecule has 0 aliphatic carbocycles. The fourth-order valence-electron chi connectivity index (χ4n) is 3.64. The summed E-state index contributed by atoms with van der Waals surface area (Å²) in [6.45, 7) is 8.87. The van der Waals surface area contributed by atoms with E-state index in [1.54, 1.807) is 29.8 Å². The van der Waals surface area contributed by atoms with Crippen LogP contribution < -0.4 is 5.32 Å². The first-order valence-electron chi connectivity index (χ1n) is 10.8. The number of benzene rings is 2. The molecule has 5 nitrogen and oxygen atoms in total. The van der Waals surface area contributed by atoms with Crippen LogP contribution in [-0.2, 0) is 4.74 Å². The fourth-order valence-corrected chi connectivity index (χ4v) is 4.65. The largest absolute Gasteiger partial charge is 0.462 e. The monoisotopic (exact) mass is 445 g/mol. The number of anilines is 2. The van der Waals surface area contributed by atoms with E-state index < -0.39 is 0 Å². The average Bonchev–Trinajstić information content (AvgIpc) is 3.13. The van der Waals surface area contributed by atoms with Gasteiger partial charge in [0.05, 0.1) is 17.6 Å². The van der Waals surface area contributed by atoms with E-state index in [1.165, 1.54) is 16.0 Å². The number of aryl methyl sites for hydroxylation is 3. The minimum atomic E-state index is -0.308. The molecule has 2 heterocycles. The zero-order chi connectivity index (χ0) is 22.7. The first kappa shape index (κ1) is 22.0. The minimum Gasteiger partial charge on any atom is -0.462 e. The Morgan fingerprint density at radius 2 is 1.91 bits per heavy atom. The molecule has 1 N–H and O–H groups in total. The van der Waals surface area contributed by atoms with Gasteiger partial charge in [0.15, 0.2) is 0 Å². The number of hydrogen-bond acceptors (Lipinski definition) is 6. The number of aromatic nitrogens is 2. The molecule has 6 heteroatoms. The second kappa shape index (κ2) is 9.49. The van der Waals surface area contributed by atoms with Crippen molar-refractivity contribution in [2.24, 2.45) is 0 Å². The number of rotatable bonds is 7. The molecule has 0 amide bonds. The molecule has 0 radical (unpaired) electrons. The van der Waals surface area contributed by atoms with Crippen molar-refractivity contribution in [3.05, 3.63) is 70.4 Å². The molecule has 0 spiro atoms. The van der Waals surface area contributed by atoms with E-state index in [0.717, 1.165) is 45.7 Å². The SMILES string of the molecule is CCCCOC(=O)c1cccc(Nc2ncnc3sc(C)c(-c4ccc(C)c(C)c4)c23)c1. The smallest absolute Gasteiger partial charge is 0.338 e.